The van der Waals surface area contributed by atoms with E-state index in [1.54, 1.807) is 7.11 Å². The summed E-state index contributed by atoms with van der Waals surface area (Å²) < 4.78 is 38.8. The van der Waals surface area contributed by atoms with Crippen LogP contribution >= 0.6 is 0 Å². The van der Waals surface area contributed by atoms with Gasteiger partial charge in [0.05, 0.1) is 19.4 Å². The molecule has 0 radical (unpaired) electrons. The third kappa shape index (κ3) is 4.35. The van der Waals surface area contributed by atoms with Crippen molar-refractivity contribution in [2.45, 2.75) is 25.0 Å². The predicted octanol–water partition coefficient (Wildman–Crippen LogP) is 2.81. The highest BCUT2D eigenvalue weighted by atomic mass is 19.1. The zero-order valence-electron chi connectivity index (χ0n) is 19.3. The number of benzene rings is 2. The first kappa shape index (κ1) is 22.7. The van der Waals surface area contributed by atoms with Gasteiger partial charge in [-0.25, -0.2) is 8.78 Å². The zero-order valence-corrected chi connectivity index (χ0v) is 19.3. The van der Waals surface area contributed by atoms with Crippen molar-refractivity contribution in [3.8, 4) is 5.75 Å². The molecule has 1 aromatic heterocycles. The Bertz CT molecular complexity index is 1140. The molecule has 2 aliphatic rings. The highest BCUT2D eigenvalue weighted by Crippen LogP contribution is 2.48. The van der Waals surface area contributed by atoms with Crippen molar-refractivity contribution in [1.82, 2.24) is 25.1 Å². The van der Waals surface area contributed by atoms with Gasteiger partial charge in [-0.05, 0) is 30.3 Å². The van der Waals surface area contributed by atoms with E-state index >= 15 is 0 Å². The van der Waals surface area contributed by atoms with E-state index < -0.39 is 17.2 Å². The molecule has 2 fully saturated rings. The molecule has 2 atom stereocenters. The Kier molecular flexibility index (Phi) is 6.18. The highest BCUT2D eigenvalue weighted by molar-refractivity contribution is 5.58. The summed E-state index contributed by atoms with van der Waals surface area (Å²) in [5.41, 5.74) is 0.537. The monoisotopic (exact) mass is 470 g/mol. The molecule has 0 spiro atoms. The Morgan fingerprint density at radius 2 is 1.88 bits per heavy atom. The van der Waals surface area contributed by atoms with Crippen LogP contribution in [-0.2, 0) is 16.8 Å². The van der Waals surface area contributed by atoms with Crippen LogP contribution in [0.25, 0.3) is 0 Å². The highest BCUT2D eigenvalue weighted by Gasteiger charge is 2.54. The molecule has 0 aliphatic carbocycles. The molecule has 2 aromatic carbocycles. The van der Waals surface area contributed by atoms with Crippen LogP contribution in [0.1, 0.15) is 24.4 Å². The summed E-state index contributed by atoms with van der Waals surface area (Å²) in [5, 5.41) is 12.9. The number of aromatic nitrogens is 4. The van der Waals surface area contributed by atoms with Crippen molar-refractivity contribution in [3.63, 3.8) is 0 Å². The van der Waals surface area contributed by atoms with E-state index in [9.17, 15) is 8.78 Å². The lowest BCUT2D eigenvalue weighted by atomic mass is 9.93. The Morgan fingerprint density at radius 3 is 2.59 bits per heavy atom. The Balaban J connectivity index is 1.17. The summed E-state index contributed by atoms with van der Waals surface area (Å²) in [6.07, 6.45) is 0.667. The number of anilines is 1. The molecular formula is C24H28F2N6O2. The molecule has 3 aromatic rings. The van der Waals surface area contributed by atoms with Gasteiger partial charge in [-0.2, -0.15) is 4.80 Å². The summed E-state index contributed by atoms with van der Waals surface area (Å²) in [7, 11) is 1.70. The van der Waals surface area contributed by atoms with Crippen LogP contribution in [0, 0.1) is 11.6 Å². The fourth-order valence-corrected chi connectivity index (χ4v) is 4.60. The molecule has 0 saturated carbocycles. The van der Waals surface area contributed by atoms with Crippen LogP contribution < -0.4 is 9.64 Å². The van der Waals surface area contributed by atoms with Crippen molar-refractivity contribution in [1.29, 1.82) is 0 Å². The lowest BCUT2D eigenvalue weighted by Crippen LogP contribution is -2.47. The average molecular weight is 471 g/mol. The van der Waals surface area contributed by atoms with E-state index in [1.165, 1.54) is 16.9 Å². The van der Waals surface area contributed by atoms with Crippen LogP contribution in [0.15, 0.2) is 42.5 Å². The first-order chi connectivity index (χ1) is 16.5. The molecule has 0 bridgehead atoms. The smallest absolute Gasteiger partial charge is 0.176 e. The lowest BCUT2D eigenvalue weighted by molar-refractivity contribution is 0.199. The summed E-state index contributed by atoms with van der Waals surface area (Å²) in [6.45, 7) is 6.71. The second kappa shape index (κ2) is 9.27. The molecule has 2 aliphatic heterocycles. The van der Waals surface area contributed by atoms with Gasteiger partial charge in [0.25, 0.3) is 0 Å². The van der Waals surface area contributed by atoms with Crippen LogP contribution in [0.5, 0.6) is 5.75 Å². The first-order valence-corrected chi connectivity index (χ1v) is 11.5. The molecule has 34 heavy (non-hydrogen) atoms. The second-order valence-electron chi connectivity index (χ2n) is 8.75. The average Bonchev–Trinajstić information content (AvgIpc) is 3.52. The third-order valence-electron chi connectivity index (χ3n) is 6.78. The van der Waals surface area contributed by atoms with Crippen LogP contribution in [-0.4, -0.2) is 71.5 Å². The van der Waals surface area contributed by atoms with E-state index in [2.05, 4.69) is 31.3 Å². The molecule has 8 nitrogen and oxygen atoms in total. The summed E-state index contributed by atoms with van der Waals surface area (Å²) in [5.74, 6) is 0.282. The van der Waals surface area contributed by atoms with Gasteiger partial charge in [-0.1, -0.05) is 18.2 Å². The number of hydrogen-bond acceptors (Lipinski definition) is 7. The molecule has 2 saturated heterocycles. The fourth-order valence-electron chi connectivity index (χ4n) is 4.60. The van der Waals surface area contributed by atoms with Crippen LogP contribution in [0.2, 0.25) is 0 Å². The van der Waals surface area contributed by atoms with E-state index in [1.807, 2.05) is 25.1 Å². The summed E-state index contributed by atoms with van der Waals surface area (Å²) >= 11 is 0. The number of tetrazole rings is 1. The molecule has 5 rings (SSSR count). The zero-order chi connectivity index (χ0) is 23.7. The minimum absolute atomic E-state index is 0.313. The molecule has 10 heteroatoms. The van der Waals surface area contributed by atoms with E-state index in [0.29, 0.717) is 24.4 Å². The number of methoxy groups -OCH3 is 1. The summed E-state index contributed by atoms with van der Waals surface area (Å²) in [6, 6.07) is 11.2. The predicted molar refractivity (Wildman–Crippen MR) is 122 cm³/mol. The van der Waals surface area contributed by atoms with E-state index in [0.717, 1.165) is 50.2 Å². The maximum Gasteiger partial charge on any atom is 0.176 e. The molecule has 0 N–H and O–H groups in total. The number of ether oxygens (including phenoxy) is 2. The van der Waals surface area contributed by atoms with Gasteiger partial charge in [0.15, 0.2) is 5.82 Å². The Labute approximate surface area is 197 Å². The number of piperazine rings is 1. The van der Waals surface area contributed by atoms with Crippen molar-refractivity contribution < 1.29 is 18.3 Å². The maximum atomic E-state index is 14.4. The number of rotatable bonds is 8. The topological polar surface area (TPSA) is 71.8 Å². The minimum Gasteiger partial charge on any atom is -0.495 e. The fraction of sp³-hybridized carbons (Fsp3) is 0.458. The van der Waals surface area contributed by atoms with Crippen molar-refractivity contribution in [2.75, 3.05) is 51.3 Å². The molecular weight excluding hydrogens is 442 g/mol. The van der Waals surface area contributed by atoms with Crippen molar-refractivity contribution in [2.24, 2.45) is 0 Å². The number of para-hydroxylation sites is 2. The number of nitrogens with zero attached hydrogens (tertiary/aromatic N) is 6. The number of hydrogen-bond donors (Lipinski definition) is 0. The molecule has 2 unspecified atom stereocenters. The van der Waals surface area contributed by atoms with E-state index in [4.69, 9.17) is 9.47 Å². The molecule has 180 valence electrons. The Morgan fingerprint density at radius 1 is 1.12 bits per heavy atom. The maximum absolute atomic E-state index is 14.4. The number of epoxide rings is 1. The Hall–Kier alpha value is -3.11. The molecule has 0 amide bonds. The normalized spacial score (nSPS) is 21.5. The van der Waals surface area contributed by atoms with Gasteiger partial charge >= 0.3 is 0 Å². The van der Waals surface area contributed by atoms with Gasteiger partial charge in [0.1, 0.15) is 29.0 Å². The standard InChI is InChI=1S/C24H28F2N6O2/c1-17(24(16-34-24)19-8-7-18(25)15-20(19)26)32-28-23(27-29-32)9-10-30-11-13-31(14-12-30)21-5-3-4-6-22(21)33-2/h3-8,15,17H,9-14,16H2,1-2H3. The SMILES string of the molecule is COc1ccccc1N1CCN(CCc2nnn(C(C)C3(c4ccc(F)cc4F)CO3)n2)CC1. The van der Waals surface area contributed by atoms with Gasteiger partial charge < -0.3 is 14.4 Å². The van der Waals surface area contributed by atoms with Gasteiger partial charge in [-0.15, -0.1) is 10.2 Å². The van der Waals surface area contributed by atoms with Gasteiger partial charge in [0.2, 0.25) is 0 Å². The van der Waals surface area contributed by atoms with Gasteiger partial charge in [0, 0.05) is 50.8 Å². The second-order valence-corrected chi connectivity index (χ2v) is 8.75. The number of halogens is 2. The third-order valence-corrected chi connectivity index (χ3v) is 6.78. The summed E-state index contributed by atoms with van der Waals surface area (Å²) in [4.78, 5) is 6.20. The van der Waals surface area contributed by atoms with Crippen molar-refractivity contribution in [3.05, 3.63) is 65.5 Å². The van der Waals surface area contributed by atoms with Crippen molar-refractivity contribution >= 4 is 5.69 Å². The van der Waals surface area contributed by atoms with E-state index in [-0.39, 0.29) is 6.04 Å². The lowest BCUT2D eigenvalue weighted by Gasteiger charge is -2.36. The first-order valence-electron chi connectivity index (χ1n) is 11.5. The van der Waals surface area contributed by atoms with Crippen LogP contribution in [0.4, 0.5) is 14.5 Å². The largest absolute Gasteiger partial charge is 0.495 e. The van der Waals surface area contributed by atoms with Crippen LogP contribution in [0.3, 0.4) is 0 Å². The quantitative estimate of drug-likeness (QED) is 0.469. The van der Waals surface area contributed by atoms with Gasteiger partial charge in [-0.3, -0.25) is 4.90 Å². The molecule has 3 heterocycles. The minimum atomic E-state index is -0.898.